The average Bonchev–Trinajstić information content (AvgIpc) is 3.13. The van der Waals surface area contributed by atoms with Crippen molar-refractivity contribution in [1.82, 2.24) is 10.6 Å². The molecule has 7 nitrogen and oxygen atoms in total. The van der Waals surface area contributed by atoms with Gasteiger partial charge in [-0.25, -0.2) is 4.79 Å². The SMILES string of the molecule is CC(C)C(CNC(=O)C(CCC(=O)O)NC(=O)OCC1c2ccccc2-c2ccccc21)C(C)C. The summed E-state index contributed by atoms with van der Waals surface area (Å²) in [5.74, 6) is -0.498. The molecule has 1 atom stereocenters. The lowest BCUT2D eigenvalue weighted by Crippen LogP contribution is -2.49. The van der Waals surface area contributed by atoms with Crippen LogP contribution in [-0.4, -0.2) is 42.3 Å². The van der Waals surface area contributed by atoms with Crippen LogP contribution in [0.1, 0.15) is 57.6 Å². The number of hydrogen-bond acceptors (Lipinski definition) is 4. The van der Waals surface area contributed by atoms with Crippen molar-refractivity contribution in [3.63, 3.8) is 0 Å². The van der Waals surface area contributed by atoms with Crippen molar-refractivity contribution in [1.29, 1.82) is 0 Å². The van der Waals surface area contributed by atoms with E-state index in [0.29, 0.717) is 18.4 Å². The molecule has 3 rings (SSSR count). The van der Waals surface area contributed by atoms with Gasteiger partial charge in [-0.1, -0.05) is 76.2 Å². The number of amides is 2. The first-order valence-electron chi connectivity index (χ1n) is 12.3. The van der Waals surface area contributed by atoms with Crippen LogP contribution in [0.2, 0.25) is 0 Å². The van der Waals surface area contributed by atoms with Crippen molar-refractivity contribution >= 4 is 18.0 Å². The third kappa shape index (κ3) is 6.62. The predicted molar refractivity (Wildman–Crippen MR) is 135 cm³/mol. The highest BCUT2D eigenvalue weighted by molar-refractivity contribution is 5.86. The highest BCUT2D eigenvalue weighted by Crippen LogP contribution is 2.44. The van der Waals surface area contributed by atoms with Crippen LogP contribution in [-0.2, 0) is 14.3 Å². The minimum Gasteiger partial charge on any atom is -0.481 e. The third-order valence-corrected chi connectivity index (χ3v) is 6.82. The fourth-order valence-electron chi connectivity index (χ4n) is 4.90. The molecule has 3 N–H and O–H groups in total. The molecule has 0 fully saturated rings. The number of hydrogen-bond donors (Lipinski definition) is 3. The number of nitrogens with one attached hydrogen (secondary N) is 2. The van der Waals surface area contributed by atoms with Crippen molar-refractivity contribution in [2.24, 2.45) is 17.8 Å². The monoisotopic (exact) mass is 480 g/mol. The lowest BCUT2D eigenvalue weighted by atomic mass is 9.85. The van der Waals surface area contributed by atoms with Crippen molar-refractivity contribution in [2.75, 3.05) is 13.2 Å². The molecule has 7 heteroatoms. The van der Waals surface area contributed by atoms with E-state index in [1.54, 1.807) is 0 Å². The van der Waals surface area contributed by atoms with Crippen LogP contribution in [0.4, 0.5) is 4.79 Å². The maximum Gasteiger partial charge on any atom is 0.407 e. The van der Waals surface area contributed by atoms with Gasteiger partial charge in [0.05, 0.1) is 0 Å². The number of benzene rings is 2. The third-order valence-electron chi connectivity index (χ3n) is 6.82. The average molecular weight is 481 g/mol. The van der Waals surface area contributed by atoms with E-state index in [0.717, 1.165) is 22.3 Å². The van der Waals surface area contributed by atoms with Crippen LogP contribution in [0.3, 0.4) is 0 Å². The Morgan fingerprint density at radius 2 is 1.46 bits per heavy atom. The summed E-state index contributed by atoms with van der Waals surface area (Å²) in [6.07, 6.45) is -0.986. The van der Waals surface area contributed by atoms with Gasteiger partial charge in [0.1, 0.15) is 12.6 Å². The summed E-state index contributed by atoms with van der Waals surface area (Å²) in [5.41, 5.74) is 4.44. The van der Waals surface area contributed by atoms with E-state index in [1.807, 2.05) is 36.4 Å². The Bertz CT molecular complexity index is 996. The highest BCUT2D eigenvalue weighted by atomic mass is 16.5. The first-order valence-corrected chi connectivity index (χ1v) is 12.3. The zero-order chi connectivity index (χ0) is 25.5. The second-order valence-electron chi connectivity index (χ2n) is 9.85. The Balaban J connectivity index is 1.64. The number of aliphatic carboxylic acids is 1. The predicted octanol–water partition coefficient (Wildman–Crippen LogP) is 4.80. The molecule has 1 aliphatic carbocycles. The van der Waals surface area contributed by atoms with Gasteiger partial charge in [-0.15, -0.1) is 0 Å². The van der Waals surface area contributed by atoms with Crippen LogP contribution >= 0.6 is 0 Å². The molecular weight excluding hydrogens is 444 g/mol. The Hall–Kier alpha value is -3.35. The van der Waals surface area contributed by atoms with Crippen LogP contribution in [0, 0.1) is 17.8 Å². The molecule has 0 heterocycles. The molecule has 1 aliphatic rings. The Morgan fingerprint density at radius 3 is 1.97 bits per heavy atom. The number of ether oxygens (including phenoxy) is 1. The van der Waals surface area contributed by atoms with Gasteiger partial charge in [0, 0.05) is 18.9 Å². The van der Waals surface area contributed by atoms with Gasteiger partial charge in [0.25, 0.3) is 0 Å². The number of carboxylic acid groups (broad SMARTS) is 1. The van der Waals surface area contributed by atoms with Crippen molar-refractivity contribution in [2.45, 2.75) is 52.5 Å². The van der Waals surface area contributed by atoms with Gasteiger partial charge in [-0.05, 0) is 46.4 Å². The van der Waals surface area contributed by atoms with E-state index in [2.05, 4.69) is 50.5 Å². The molecule has 0 aliphatic heterocycles. The van der Waals surface area contributed by atoms with Crippen molar-refractivity contribution < 1.29 is 24.2 Å². The Labute approximate surface area is 207 Å². The number of carboxylic acids is 1. The van der Waals surface area contributed by atoms with E-state index < -0.39 is 24.0 Å². The first-order chi connectivity index (χ1) is 16.7. The summed E-state index contributed by atoms with van der Waals surface area (Å²) in [4.78, 5) is 36.6. The fourth-order valence-corrected chi connectivity index (χ4v) is 4.90. The number of fused-ring (bicyclic) bond motifs is 3. The maximum atomic E-state index is 12.9. The molecular formula is C28H36N2O5. The van der Waals surface area contributed by atoms with Gasteiger partial charge in [-0.3, -0.25) is 9.59 Å². The van der Waals surface area contributed by atoms with Crippen molar-refractivity contribution in [3.8, 4) is 11.1 Å². The normalized spacial score (nSPS) is 13.5. The largest absolute Gasteiger partial charge is 0.481 e. The lowest BCUT2D eigenvalue weighted by Gasteiger charge is -2.26. The molecule has 0 radical (unpaired) electrons. The molecule has 0 aromatic heterocycles. The lowest BCUT2D eigenvalue weighted by molar-refractivity contribution is -0.137. The number of carbonyl (C=O) groups excluding carboxylic acids is 2. The Morgan fingerprint density at radius 1 is 0.914 bits per heavy atom. The zero-order valence-electron chi connectivity index (χ0n) is 20.9. The summed E-state index contributed by atoms with van der Waals surface area (Å²) in [5, 5.41) is 14.6. The summed E-state index contributed by atoms with van der Waals surface area (Å²) in [6.45, 7) is 9.00. The van der Waals surface area contributed by atoms with Gasteiger partial charge in [-0.2, -0.15) is 0 Å². The minimum atomic E-state index is -1.03. The summed E-state index contributed by atoms with van der Waals surface area (Å²) >= 11 is 0. The van der Waals surface area contributed by atoms with Crippen LogP contribution in [0.15, 0.2) is 48.5 Å². The molecule has 0 bridgehead atoms. The molecule has 2 aromatic rings. The summed E-state index contributed by atoms with van der Waals surface area (Å²) in [7, 11) is 0. The quantitative estimate of drug-likeness (QED) is 0.428. The van der Waals surface area contributed by atoms with Crippen molar-refractivity contribution in [3.05, 3.63) is 59.7 Å². The summed E-state index contributed by atoms with van der Waals surface area (Å²) < 4.78 is 5.55. The molecule has 1 unspecified atom stereocenters. The molecule has 0 spiro atoms. The van der Waals surface area contributed by atoms with Crippen LogP contribution in [0.5, 0.6) is 0 Å². The molecule has 2 amide bonds. The van der Waals surface area contributed by atoms with Gasteiger partial charge in [0.2, 0.25) is 5.91 Å². The van der Waals surface area contributed by atoms with E-state index in [-0.39, 0.29) is 31.3 Å². The zero-order valence-corrected chi connectivity index (χ0v) is 20.9. The fraction of sp³-hybridized carbons (Fsp3) is 0.464. The second kappa shape index (κ2) is 11.9. The number of alkyl carbamates (subject to hydrolysis) is 1. The van der Waals surface area contributed by atoms with Gasteiger partial charge < -0.3 is 20.5 Å². The van der Waals surface area contributed by atoms with Gasteiger partial charge in [0.15, 0.2) is 0 Å². The van der Waals surface area contributed by atoms with E-state index in [9.17, 15) is 14.4 Å². The smallest absolute Gasteiger partial charge is 0.407 e. The molecule has 35 heavy (non-hydrogen) atoms. The molecule has 2 aromatic carbocycles. The molecule has 0 saturated heterocycles. The molecule has 188 valence electrons. The topological polar surface area (TPSA) is 105 Å². The van der Waals surface area contributed by atoms with Gasteiger partial charge >= 0.3 is 12.1 Å². The first kappa shape index (κ1) is 26.3. The van der Waals surface area contributed by atoms with Crippen LogP contribution < -0.4 is 10.6 Å². The van der Waals surface area contributed by atoms with E-state index >= 15 is 0 Å². The Kier molecular flexibility index (Phi) is 8.90. The number of rotatable bonds is 11. The maximum absolute atomic E-state index is 12.9. The van der Waals surface area contributed by atoms with E-state index in [1.165, 1.54) is 0 Å². The second-order valence-corrected chi connectivity index (χ2v) is 9.85. The molecule has 0 saturated carbocycles. The van der Waals surface area contributed by atoms with E-state index in [4.69, 9.17) is 9.84 Å². The minimum absolute atomic E-state index is 0.0145. The number of carbonyl (C=O) groups is 3. The van der Waals surface area contributed by atoms with Crippen LogP contribution in [0.25, 0.3) is 11.1 Å². The summed E-state index contributed by atoms with van der Waals surface area (Å²) in [6, 6.07) is 15.1. The highest BCUT2D eigenvalue weighted by Gasteiger charge is 2.30. The standard InChI is InChI=1S/C28H36N2O5/c1-17(2)23(18(3)4)15-29-27(33)25(13-14-26(31)32)30-28(34)35-16-24-21-11-7-5-9-19(21)20-10-6-8-12-22(20)24/h5-12,17-18,23-25H,13-16H2,1-4H3,(H,29,33)(H,30,34)(H,31,32).